The number of carbonyl (C=O) groups is 1. The van der Waals surface area contributed by atoms with Gasteiger partial charge in [0.15, 0.2) is 0 Å². The number of halogens is 2. The summed E-state index contributed by atoms with van der Waals surface area (Å²) in [6.45, 7) is 6.37. The van der Waals surface area contributed by atoms with Crippen molar-refractivity contribution in [2.24, 2.45) is 0 Å². The second-order valence-electron chi connectivity index (χ2n) is 7.64. The van der Waals surface area contributed by atoms with Crippen LogP contribution in [0.25, 0.3) is 0 Å². The Bertz CT molecular complexity index is 893. The Labute approximate surface area is 169 Å². The second kappa shape index (κ2) is 8.31. The highest BCUT2D eigenvalue weighted by Gasteiger charge is 2.24. The minimum absolute atomic E-state index is 0.0577. The molecule has 0 bridgehead atoms. The lowest BCUT2D eigenvalue weighted by Crippen LogP contribution is -2.49. The molecule has 0 radical (unpaired) electrons. The van der Waals surface area contributed by atoms with Crippen LogP contribution in [0.2, 0.25) is 0 Å². The average molecular weight is 401 g/mol. The van der Waals surface area contributed by atoms with Crippen LogP contribution in [-0.2, 0) is 11.2 Å². The molecule has 29 heavy (non-hydrogen) atoms. The zero-order valence-electron chi connectivity index (χ0n) is 16.6. The maximum absolute atomic E-state index is 13.8. The largest absolute Gasteiger partial charge is 0.353 e. The van der Waals surface area contributed by atoms with Crippen LogP contribution in [0.1, 0.15) is 24.1 Å². The lowest BCUT2D eigenvalue weighted by molar-refractivity contribution is -0.130. The molecule has 2 saturated heterocycles. The summed E-state index contributed by atoms with van der Waals surface area (Å²) in [6, 6.07) is 5.31. The smallest absolute Gasteiger partial charge is 0.227 e. The molecule has 6 nitrogen and oxygen atoms in total. The van der Waals surface area contributed by atoms with Crippen molar-refractivity contribution in [3.63, 3.8) is 0 Å². The van der Waals surface area contributed by atoms with Gasteiger partial charge in [0.2, 0.25) is 11.9 Å². The average Bonchev–Trinajstić information content (AvgIpc) is 3.25. The molecule has 0 saturated carbocycles. The fraction of sp³-hybridized carbons (Fsp3) is 0.476. The number of carbonyl (C=O) groups excluding carboxylic acids is 1. The topological polar surface area (TPSA) is 52.6 Å². The zero-order valence-corrected chi connectivity index (χ0v) is 16.6. The molecule has 1 amide bonds. The van der Waals surface area contributed by atoms with E-state index in [4.69, 9.17) is 4.98 Å². The van der Waals surface area contributed by atoms with Crippen LogP contribution in [-0.4, -0.2) is 60.0 Å². The second-order valence-corrected chi connectivity index (χ2v) is 7.64. The summed E-state index contributed by atoms with van der Waals surface area (Å²) in [4.78, 5) is 28.0. The predicted molar refractivity (Wildman–Crippen MR) is 107 cm³/mol. The number of hydrogen-bond donors (Lipinski definition) is 0. The van der Waals surface area contributed by atoms with Gasteiger partial charge in [-0.15, -0.1) is 0 Å². The van der Waals surface area contributed by atoms with E-state index in [2.05, 4.69) is 14.8 Å². The van der Waals surface area contributed by atoms with E-state index in [0.717, 1.165) is 36.6 Å². The van der Waals surface area contributed by atoms with E-state index in [9.17, 15) is 13.6 Å². The van der Waals surface area contributed by atoms with Crippen molar-refractivity contribution in [1.29, 1.82) is 0 Å². The van der Waals surface area contributed by atoms with E-state index < -0.39 is 11.6 Å². The molecule has 1 aromatic carbocycles. The van der Waals surface area contributed by atoms with Gasteiger partial charge in [-0.05, 0) is 31.4 Å². The molecule has 0 atom stereocenters. The minimum Gasteiger partial charge on any atom is -0.353 e. The third kappa shape index (κ3) is 4.46. The molecule has 8 heteroatoms. The van der Waals surface area contributed by atoms with Crippen molar-refractivity contribution in [3.05, 3.63) is 47.2 Å². The van der Waals surface area contributed by atoms with Gasteiger partial charge in [0.1, 0.15) is 17.5 Å². The molecule has 0 N–H and O–H groups in total. The number of benzene rings is 1. The lowest BCUT2D eigenvalue weighted by atomic mass is 10.1. The van der Waals surface area contributed by atoms with Crippen LogP contribution in [0, 0.1) is 18.6 Å². The standard InChI is InChI=1S/C21H25F2N5O/c1-15-12-19(25-21(24-15)28-6-2-3-7-28)26-8-10-27(11-9-26)20(29)13-16-4-5-17(22)14-18(16)23/h4-5,12,14H,2-3,6-11,13H2,1H3. The van der Waals surface area contributed by atoms with E-state index >= 15 is 0 Å². The number of aryl methyl sites for hydroxylation is 1. The summed E-state index contributed by atoms with van der Waals surface area (Å²) in [7, 11) is 0. The first-order valence-electron chi connectivity index (χ1n) is 10.1. The van der Waals surface area contributed by atoms with Crippen molar-refractivity contribution in [1.82, 2.24) is 14.9 Å². The summed E-state index contributed by atoms with van der Waals surface area (Å²) in [5, 5.41) is 0. The van der Waals surface area contributed by atoms with Crippen molar-refractivity contribution >= 4 is 17.7 Å². The first-order valence-corrected chi connectivity index (χ1v) is 10.1. The summed E-state index contributed by atoms with van der Waals surface area (Å²) in [6.07, 6.45) is 2.28. The number of piperazine rings is 1. The normalized spacial score (nSPS) is 17.1. The van der Waals surface area contributed by atoms with Crippen LogP contribution in [0.15, 0.2) is 24.3 Å². The summed E-state index contributed by atoms with van der Waals surface area (Å²) in [5.74, 6) is 0.203. The lowest BCUT2D eigenvalue weighted by Gasteiger charge is -2.36. The molecule has 2 aliphatic heterocycles. The number of amides is 1. The molecule has 3 heterocycles. The Morgan fingerprint density at radius 1 is 0.966 bits per heavy atom. The number of hydrogen-bond acceptors (Lipinski definition) is 5. The highest BCUT2D eigenvalue weighted by atomic mass is 19.1. The van der Waals surface area contributed by atoms with Crippen molar-refractivity contribution in [2.75, 3.05) is 49.1 Å². The fourth-order valence-corrected chi connectivity index (χ4v) is 3.88. The van der Waals surface area contributed by atoms with Gasteiger partial charge in [0.05, 0.1) is 6.42 Å². The molecule has 2 aromatic rings. The van der Waals surface area contributed by atoms with E-state index in [1.54, 1.807) is 4.90 Å². The van der Waals surface area contributed by atoms with Crippen molar-refractivity contribution in [3.8, 4) is 0 Å². The van der Waals surface area contributed by atoms with Gasteiger partial charge in [-0.1, -0.05) is 6.07 Å². The van der Waals surface area contributed by atoms with Crippen LogP contribution in [0.5, 0.6) is 0 Å². The van der Waals surface area contributed by atoms with Crippen LogP contribution < -0.4 is 9.80 Å². The Kier molecular flexibility index (Phi) is 5.60. The number of nitrogens with zero attached hydrogens (tertiary/aromatic N) is 5. The van der Waals surface area contributed by atoms with Crippen LogP contribution >= 0.6 is 0 Å². The number of rotatable bonds is 4. The number of anilines is 2. The maximum atomic E-state index is 13.8. The van der Waals surface area contributed by atoms with Gasteiger partial charge in [-0.3, -0.25) is 4.79 Å². The van der Waals surface area contributed by atoms with Gasteiger partial charge in [0.25, 0.3) is 0 Å². The highest BCUT2D eigenvalue weighted by molar-refractivity contribution is 5.79. The van der Waals surface area contributed by atoms with Crippen molar-refractivity contribution in [2.45, 2.75) is 26.2 Å². The van der Waals surface area contributed by atoms with E-state index in [0.29, 0.717) is 26.2 Å². The Morgan fingerprint density at radius 3 is 2.38 bits per heavy atom. The first kappa shape index (κ1) is 19.5. The molecule has 0 unspecified atom stereocenters. The molecule has 154 valence electrons. The predicted octanol–water partition coefficient (Wildman–Crippen LogP) is 2.55. The molecule has 4 rings (SSSR count). The van der Waals surface area contributed by atoms with Crippen LogP contribution in [0.4, 0.5) is 20.5 Å². The Hall–Kier alpha value is -2.77. The first-order chi connectivity index (χ1) is 14.0. The molecule has 2 fully saturated rings. The van der Waals surface area contributed by atoms with E-state index in [1.807, 2.05) is 13.0 Å². The SMILES string of the molecule is Cc1cc(N2CCN(C(=O)Cc3ccc(F)cc3F)CC2)nc(N2CCCC2)n1. The van der Waals surface area contributed by atoms with Crippen LogP contribution in [0.3, 0.4) is 0 Å². The van der Waals surface area contributed by atoms with E-state index in [1.165, 1.54) is 25.0 Å². The van der Waals surface area contributed by atoms with Gasteiger partial charge in [-0.2, -0.15) is 4.98 Å². The highest BCUT2D eigenvalue weighted by Crippen LogP contribution is 2.22. The third-order valence-electron chi connectivity index (χ3n) is 5.53. The monoisotopic (exact) mass is 401 g/mol. The van der Waals surface area contributed by atoms with Gasteiger partial charge < -0.3 is 14.7 Å². The van der Waals surface area contributed by atoms with Gasteiger partial charge in [0, 0.05) is 57.1 Å². The molecule has 0 spiro atoms. The molecular formula is C21H25F2N5O. The van der Waals surface area contributed by atoms with E-state index in [-0.39, 0.29) is 17.9 Å². The van der Waals surface area contributed by atoms with Gasteiger partial charge >= 0.3 is 0 Å². The Balaban J connectivity index is 1.38. The third-order valence-corrected chi connectivity index (χ3v) is 5.53. The molecule has 1 aromatic heterocycles. The summed E-state index contributed by atoms with van der Waals surface area (Å²) < 4.78 is 26.9. The maximum Gasteiger partial charge on any atom is 0.227 e. The number of aromatic nitrogens is 2. The van der Waals surface area contributed by atoms with Gasteiger partial charge in [-0.25, -0.2) is 13.8 Å². The summed E-state index contributed by atoms with van der Waals surface area (Å²) in [5.41, 5.74) is 1.16. The fourth-order valence-electron chi connectivity index (χ4n) is 3.88. The quantitative estimate of drug-likeness (QED) is 0.788. The summed E-state index contributed by atoms with van der Waals surface area (Å²) >= 11 is 0. The minimum atomic E-state index is -0.678. The Morgan fingerprint density at radius 2 is 1.69 bits per heavy atom. The molecule has 0 aliphatic carbocycles. The molecular weight excluding hydrogens is 376 g/mol. The van der Waals surface area contributed by atoms with Crippen molar-refractivity contribution < 1.29 is 13.6 Å². The zero-order chi connectivity index (χ0) is 20.4. The molecule has 2 aliphatic rings.